The molecule has 7 nitrogen and oxygen atoms in total. The number of aromatic nitrogens is 1. The van der Waals surface area contributed by atoms with Crippen LogP contribution < -0.4 is 5.73 Å². The van der Waals surface area contributed by atoms with E-state index in [9.17, 15) is 19.7 Å². The van der Waals surface area contributed by atoms with E-state index in [1.807, 2.05) is 0 Å². The Labute approximate surface area is 140 Å². The summed E-state index contributed by atoms with van der Waals surface area (Å²) < 4.78 is 1.24. The van der Waals surface area contributed by atoms with Crippen molar-refractivity contribution < 1.29 is 14.5 Å². The lowest BCUT2D eigenvalue weighted by molar-refractivity contribution is -0.384. The van der Waals surface area contributed by atoms with Crippen LogP contribution >= 0.6 is 11.6 Å². The second-order valence-corrected chi connectivity index (χ2v) is 5.43. The molecule has 0 atom stereocenters. The number of primary amides is 1. The van der Waals surface area contributed by atoms with Crippen molar-refractivity contribution in [3.05, 3.63) is 74.9 Å². The van der Waals surface area contributed by atoms with Gasteiger partial charge in [-0.05, 0) is 18.2 Å². The molecule has 2 aromatic carbocycles. The molecule has 2 N–H and O–H groups in total. The third kappa shape index (κ3) is 2.50. The molecule has 0 saturated heterocycles. The average molecular weight is 344 g/mol. The number of halogens is 1. The predicted molar refractivity (Wildman–Crippen MR) is 88.3 cm³/mol. The van der Waals surface area contributed by atoms with E-state index in [0.717, 1.165) is 6.07 Å². The first-order valence-electron chi connectivity index (χ1n) is 6.78. The highest BCUT2D eigenvalue weighted by Gasteiger charge is 2.20. The van der Waals surface area contributed by atoms with Gasteiger partial charge in [0.15, 0.2) is 0 Å². The number of hydrogen-bond acceptors (Lipinski definition) is 4. The zero-order valence-electron chi connectivity index (χ0n) is 12.1. The minimum absolute atomic E-state index is 0.0632. The molecule has 0 aliphatic carbocycles. The second kappa shape index (κ2) is 5.78. The van der Waals surface area contributed by atoms with Crippen LogP contribution in [0.25, 0.3) is 10.9 Å². The summed E-state index contributed by atoms with van der Waals surface area (Å²) in [4.78, 5) is 34.6. The number of benzene rings is 2. The number of nitro benzene ring substituents is 1. The normalized spacial score (nSPS) is 10.7. The SMILES string of the molecule is NC(=O)c1cn(C(=O)c2ccc(Cl)c([N+](=O)[O-])c2)c2ccccc12. The van der Waals surface area contributed by atoms with E-state index in [4.69, 9.17) is 17.3 Å². The number of para-hydroxylation sites is 1. The van der Waals surface area contributed by atoms with Crippen LogP contribution in [0.3, 0.4) is 0 Å². The number of amides is 1. The monoisotopic (exact) mass is 343 g/mol. The highest BCUT2D eigenvalue weighted by atomic mass is 35.5. The molecule has 0 radical (unpaired) electrons. The molecular weight excluding hydrogens is 334 g/mol. The molecule has 1 heterocycles. The van der Waals surface area contributed by atoms with Crippen LogP contribution in [0.4, 0.5) is 5.69 Å². The van der Waals surface area contributed by atoms with Crippen molar-refractivity contribution >= 4 is 40.0 Å². The highest BCUT2D eigenvalue weighted by molar-refractivity contribution is 6.32. The molecule has 0 aliphatic rings. The molecule has 8 heteroatoms. The van der Waals surface area contributed by atoms with E-state index >= 15 is 0 Å². The van der Waals surface area contributed by atoms with E-state index in [0.29, 0.717) is 10.9 Å². The standard InChI is InChI=1S/C16H10ClN3O4/c17-12-6-5-9(7-14(12)20(23)24)16(22)19-8-11(15(18)21)10-3-1-2-4-13(10)19/h1-8H,(H2,18,21). The van der Waals surface area contributed by atoms with E-state index in [-0.39, 0.29) is 21.8 Å². The van der Waals surface area contributed by atoms with Gasteiger partial charge in [-0.25, -0.2) is 0 Å². The summed E-state index contributed by atoms with van der Waals surface area (Å²) in [5.74, 6) is -1.20. The Bertz CT molecular complexity index is 1010. The number of rotatable bonds is 3. The van der Waals surface area contributed by atoms with Crippen LogP contribution in [-0.2, 0) is 0 Å². The summed E-state index contributed by atoms with van der Waals surface area (Å²) in [6, 6.07) is 10.5. The molecule has 0 spiro atoms. The molecule has 120 valence electrons. The summed E-state index contributed by atoms with van der Waals surface area (Å²) in [5.41, 5.74) is 5.73. The first-order chi connectivity index (χ1) is 11.4. The molecule has 24 heavy (non-hydrogen) atoms. The smallest absolute Gasteiger partial charge is 0.288 e. The summed E-state index contributed by atoms with van der Waals surface area (Å²) in [5, 5.41) is 11.4. The van der Waals surface area contributed by atoms with Gasteiger partial charge in [0.05, 0.1) is 16.0 Å². The van der Waals surface area contributed by atoms with Gasteiger partial charge in [0.1, 0.15) is 5.02 Å². The highest BCUT2D eigenvalue weighted by Crippen LogP contribution is 2.27. The Hall–Kier alpha value is -3.19. The second-order valence-electron chi connectivity index (χ2n) is 5.02. The Morgan fingerprint density at radius 1 is 1.17 bits per heavy atom. The number of hydrogen-bond donors (Lipinski definition) is 1. The maximum atomic E-state index is 12.7. The quantitative estimate of drug-likeness (QED) is 0.582. The molecule has 3 rings (SSSR count). The number of carbonyl (C=O) groups excluding carboxylic acids is 2. The van der Waals surface area contributed by atoms with Crippen LogP contribution in [-0.4, -0.2) is 21.3 Å². The topological polar surface area (TPSA) is 108 Å². The summed E-state index contributed by atoms with van der Waals surface area (Å²) in [6.45, 7) is 0. The maximum Gasteiger partial charge on any atom is 0.288 e. The molecule has 1 aromatic heterocycles. The van der Waals surface area contributed by atoms with Gasteiger partial charge < -0.3 is 5.73 Å². The van der Waals surface area contributed by atoms with Crippen molar-refractivity contribution in [1.29, 1.82) is 0 Å². The Morgan fingerprint density at radius 3 is 2.54 bits per heavy atom. The largest absolute Gasteiger partial charge is 0.366 e. The van der Waals surface area contributed by atoms with Crippen molar-refractivity contribution in [2.45, 2.75) is 0 Å². The lowest BCUT2D eigenvalue weighted by Crippen LogP contribution is -2.13. The van der Waals surface area contributed by atoms with Gasteiger partial charge in [-0.1, -0.05) is 29.8 Å². The van der Waals surface area contributed by atoms with E-state index in [1.54, 1.807) is 24.3 Å². The number of nitrogens with zero attached hydrogens (tertiary/aromatic N) is 2. The Morgan fingerprint density at radius 2 is 1.88 bits per heavy atom. The number of nitrogens with two attached hydrogens (primary N) is 1. The molecule has 1 amide bonds. The minimum Gasteiger partial charge on any atom is -0.366 e. The number of nitro groups is 1. The third-order valence-corrected chi connectivity index (χ3v) is 3.91. The van der Waals surface area contributed by atoms with Crippen LogP contribution in [0, 0.1) is 10.1 Å². The van der Waals surface area contributed by atoms with Crippen LogP contribution in [0.5, 0.6) is 0 Å². The van der Waals surface area contributed by atoms with E-state index in [2.05, 4.69) is 0 Å². The lowest BCUT2D eigenvalue weighted by Gasteiger charge is -2.05. The first kappa shape index (κ1) is 15.7. The molecular formula is C16H10ClN3O4. The molecule has 0 saturated carbocycles. The van der Waals surface area contributed by atoms with Crippen LogP contribution in [0.15, 0.2) is 48.7 Å². The van der Waals surface area contributed by atoms with Gasteiger partial charge in [-0.3, -0.25) is 24.3 Å². The molecule has 0 aliphatic heterocycles. The lowest BCUT2D eigenvalue weighted by atomic mass is 10.1. The van der Waals surface area contributed by atoms with Crippen molar-refractivity contribution in [1.82, 2.24) is 4.57 Å². The molecule has 0 fully saturated rings. The fourth-order valence-electron chi connectivity index (χ4n) is 2.47. The van der Waals surface area contributed by atoms with Crippen molar-refractivity contribution in [2.75, 3.05) is 0 Å². The third-order valence-electron chi connectivity index (χ3n) is 3.59. The molecule has 0 bridgehead atoms. The number of carbonyl (C=O) groups is 2. The zero-order valence-corrected chi connectivity index (χ0v) is 12.9. The van der Waals surface area contributed by atoms with Gasteiger partial charge in [-0.15, -0.1) is 0 Å². The Balaban J connectivity index is 2.18. The summed E-state index contributed by atoms with van der Waals surface area (Å²) in [6.07, 6.45) is 1.33. The van der Waals surface area contributed by atoms with Gasteiger partial charge in [-0.2, -0.15) is 0 Å². The Kier molecular flexibility index (Phi) is 3.78. The molecule has 3 aromatic rings. The van der Waals surface area contributed by atoms with E-state index in [1.165, 1.54) is 22.9 Å². The summed E-state index contributed by atoms with van der Waals surface area (Å²) >= 11 is 5.76. The zero-order chi connectivity index (χ0) is 17.4. The van der Waals surface area contributed by atoms with Gasteiger partial charge in [0.2, 0.25) is 0 Å². The van der Waals surface area contributed by atoms with Gasteiger partial charge in [0.25, 0.3) is 17.5 Å². The first-order valence-corrected chi connectivity index (χ1v) is 7.16. The fourth-order valence-corrected chi connectivity index (χ4v) is 2.66. The average Bonchev–Trinajstić information content (AvgIpc) is 2.94. The van der Waals surface area contributed by atoms with Crippen molar-refractivity contribution in [3.8, 4) is 0 Å². The molecule has 0 unspecified atom stereocenters. The fraction of sp³-hybridized carbons (Fsp3) is 0. The van der Waals surface area contributed by atoms with E-state index < -0.39 is 16.7 Å². The van der Waals surface area contributed by atoms with Gasteiger partial charge in [0, 0.05) is 23.2 Å². The number of fused-ring (bicyclic) bond motifs is 1. The van der Waals surface area contributed by atoms with Crippen LogP contribution in [0.1, 0.15) is 20.7 Å². The summed E-state index contributed by atoms with van der Waals surface area (Å²) in [7, 11) is 0. The van der Waals surface area contributed by atoms with Crippen molar-refractivity contribution in [2.24, 2.45) is 5.73 Å². The minimum atomic E-state index is -0.667. The van der Waals surface area contributed by atoms with Crippen molar-refractivity contribution in [3.63, 3.8) is 0 Å². The van der Waals surface area contributed by atoms with Gasteiger partial charge >= 0.3 is 0 Å². The van der Waals surface area contributed by atoms with Crippen LogP contribution in [0.2, 0.25) is 5.02 Å². The maximum absolute atomic E-state index is 12.7. The predicted octanol–water partition coefficient (Wildman–Crippen LogP) is 2.99.